The second kappa shape index (κ2) is 7.60. The Labute approximate surface area is 155 Å². The van der Waals surface area contributed by atoms with Crippen molar-refractivity contribution in [1.82, 2.24) is 4.31 Å². The van der Waals surface area contributed by atoms with Crippen molar-refractivity contribution >= 4 is 21.6 Å². The zero-order chi connectivity index (χ0) is 18.7. The molecule has 0 aromatic heterocycles. The van der Waals surface area contributed by atoms with Gasteiger partial charge in [-0.25, -0.2) is 8.42 Å². The Balaban J connectivity index is 1.86. The Morgan fingerprint density at radius 3 is 2.62 bits per heavy atom. The van der Waals surface area contributed by atoms with Gasteiger partial charge >= 0.3 is 0 Å². The number of benzene rings is 2. The van der Waals surface area contributed by atoms with Crippen molar-refractivity contribution in [3.63, 3.8) is 0 Å². The third-order valence-corrected chi connectivity index (χ3v) is 6.85. The summed E-state index contributed by atoms with van der Waals surface area (Å²) in [6.07, 6.45) is 2.79. The molecule has 1 unspecified atom stereocenters. The third-order valence-electron chi connectivity index (χ3n) is 4.84. The maximum atomic E-state index is 13.0. The van der Waals surface area contributed by atoms with E-state index >= 15 is 0 Å². The van der Waals surface area contributed by atoms with E-state index in [4.69, 9.17) is 0 Å². The van der Waals surface area contributed by atoms with Crippen molar-refractivity contribution in [3.8, 4) is 0 Å². The lowest BCUT2D eigenvalue weighted by Gasteiger charge is -2.32. The maximum Gasteiger partial charge on any atom is 0.255 e. The molecule has 3 rings (SSSR count). The van der Waals surface area contributed by atoms with E-state index in [0.29, 0.717) is 12.1 Å². The molecule has 1 aliphatic heterocycles. The molecule has 0 spiro atoms. The molecule has 0 radical (unpaired) electrons. The summed E-state index contributed by atoms with van der Waals surface area (Å²) >= 11 is 0. The number of carbonyl (C=O) groups excluding carboxylic acids is 1. The smallest absolute Gasteiger partial charge is 0.255 e. The molecule has 138 valence electrons. The molecular formula is C20H24N2O3S. The van der Waals surface area contributed by atoms with Gasteiger partial charge in [-0.05, 0) is 56.5 Å². The van der Waals surface area contributed by atoms with Crippen LogP contribution in [0.15, 0.2) is 53.4 Å². The summed E-state index contributed by atoms with van der Waals surface area (Å²) in [6.45, 7) is 4.38. The lowest BCUT2D eigenvalue weighted by Crippen LogP contribution is -2.41. The molecule has 1 amide bonds. The van der Waals surface area contributed by atoms with Gasteiger partial charge in [0.25, 0.3) is 5.91 Å². The van der Waals surface area contributed by atoms with Gasteiger partial charge in [0.05, 0.1) is 4.90 Å². The summed E-state index contributed by atoms with van der Waals surface area (Å²) < 4.78 is 27.5. The monoisotopic (exact) mass is 372 g/mol. The molecule has 1 fully saturated rings. The second-order valence-corrected chi connectivity index (χ2v) is 8.65. The molecule has 2 aromatic carbocycles. The molecule has 1 saturated heterocycles. The van der Waals surface area contributed by atoms with Crippen LogP contribution in [-0.2, 0) is 10.0 Å². The Kier molecular flexibility index (Phi) is 5.44. The minimum atomic E-state index is -3.59. The van der Waals surface area contributed by atoms with Gasteiger partial charge in [-0.15, -0.1) is 0 Å². The predicted octanol–water partition coefficient (Wildman–Crippen LogP) is 3.81. The fourth-order valence-corrected chi connectivity index (χ4v) is 5.02. The minimum Gasteiger partial charge on any atom is -0.322 e. The number of anilines is 1. The van der Waals surface area contributed by atoms with E-state index in [0.717, 1.165) is 30.5 Å². The average Bonchev–Trinajstić information content (AvgIpc) is 2.64. The predicted molar refractivity (Wildman–Crippen MR) is 103 cm³/mol. The van der Waals surface area contributed by atoms with Gasteiger partial charge in [0.15, 0.2) is 0 Å². The van der Waals surface area contributed by atoms with Crippen molar-refractivity contribution in [2.45, 2.75) is 44.0 Å². The second-order valence-electron chi connectivity index (χ2n) is 6.76. The van der Waals surface area contributed by atoms with Crippen molar-refractivity contribution in [1.29, 1.82) is 0 Å². The molecule has 1 aliphatic rings. The number of rotatable bonds is 4. The van der Waals surface area contributed by atoms with Crippen LogP contribution in [0.4, 0.5) is 5.69 Å². The molecule has 2 aromatic rings. The van der Waals surface area contributed by atoms with Crippen LogP contribution in [0.2, 0.25) is 0 Å². The van der Waals surface area contributed by atoms with E-state index in [1.807, 2.05) is 38.1 Å². The number of carbonyl (C=O) groups is 1. The molecule has 1 atom stereocenters. The topological polar surface area (TPSA) is 66.5 Å². The molecule has 1 heterocycles. The van der Waals surface area contributed by atoms with E-state index in [1.54, 1.807) is 22.5 Å². The highest BCUT2D eigenvalue weighted by molar-refractivity contribution is 7.89. The van der Waals surface area contributed by atoms with E-state index in [1.165, 1.54) is 6.07 Å². The van der Waals surface area contributed by atoms with Gasteiger partial charge in [0.1, 0.15) is 0 Å². The summed E-state index contributed by atoms with van der Waals surface area (Å²) in [4.78, 5) is 12.7. The summed E-state index contributed by atoms with van der Waals surface area (Å²) in [6, 6.07) is 13.7. The summed E-state index contributed by atoms with van der Waals surface area (Å²) in [5.41, 5.74) is 2.00. The standard InChI is InChI=1S/C20H24N2O3S/c1-15-8-3-4-12-19(15)21-20(23)17-10-7-11-18(14-17)26(24,25)22-13-6-5-9-16(22)2/h3-4,7-8,10-12,14,16H,5-6,9,13H2,1-2H3,(H,21,23). The fraction of sp³-hybridized carbons (Fsp3) is 0.350. The molecule has 0 bridgehead atoms. The molecule has 5 nitrogen and oxygen atoms in total. The van der Waals surface area contributed by atoms with Crippen LogP contribution in [0.3, 0.4) is 0 Å². The van der Waals surface area contributed by atoms with Gasteiger partial charge in [-0.3, -0.25) is 4.79 Å². The number of hydrogen-bond acceptors (Lipinski definition) is 3. The lowest BCUT2D eigenvalue weighted by atomic mass is 10.1. The number of hydrogen-bond donors (Lipinski definition) is 1. The largest absolute Gasteiger partial charge is 0.322 e. The van der Waals surface area contributed by atoms with Crippen LogP contribution in [0.1, 0.15) is 42.1 Å². The third kappa shape index (κ3) is 3.81. The average molecular weight is 372 g/mol. The molecule has 0 aliphatic carbocycles. The van der Waals surface area contributed by atoms with E-state index < -0.39 is 10.0 Å². The Morgan fingerprint density at radius 1 is 1.12 bits per heavy atom. The highest BCUT2D eigenvalue weighted by atomic mass is 32.2. The van der Waals surface area contributed by atoms with E-state index in [-0.39, 0.29) is 16.8 Å². The Morgan fingerprint density at radius 2 is 1.88 bits per heavy atom. The molecule has 26 heavy (non-hydrogen) atoms. The van der Waals surface area contributed by atoms with E-state index in [9.17, 15) is 13.2 Å². The zero-order valence-electron chi connectivity index (χ0n) is 15.1. The van der Waals surface area contributed by atoms with Gasteiger partial charge < -0.3 is 5.32 Å². The van der Waals surface area contributed by atoms with Gasteiger partial charge in [-0.1, -0.05) is 30.7 Å². The number of nitrogens with zero attached hydrogens (tertiary/aromatic N) is 1. The first-order chi connectivity index (χ1) is 12.4. The van der Waals surface area contributed by atoms with Crippen LogP contribution in [0.25, 0.3) is 0 Å². The zero-order valence-corrected chi connectivity index (χ0v) is 15.9. The Hall–Kier alpha value is -2.18. The molecule has 0 saturated carbocycles. The lowest BCUT2D eigenvalue weighted by molar-refractivity contribution is 0.102. The first-order valence-electron chi connectivity index (χ1n) is 8.88. The summed E-state index contributed by atoms with van der Waals surface area (Å²) in [5, 5.41) is 2.85. The molecule has 6 heteroatoms. The summed E-state index contributed by atoms with van der Waals surface area (Å²) in [7, 11) is -3.59. The van der Waals surface area contributed by atoms with Crippen molar-refractivity contribution in [3.05, 3.63) is 59.7 Å². The minimum absolute atomic E-state index is 0.0156. The van der Waals surface area contributed by atoms with Crippen LogP contribution >= 0.6 is 0 Å². The van der Waals surface area contributed by atoms with Gasteiger partial charge in [0.2, 0.25) is 10.0 Å². The van der Waals surface area contributed by atoms with Crippen LogP contribution in [0.5, 0.6) is 0 Å². The van der Waals surface area contributed by atoms with Crippen LogP contribution in [-0.4, -0.2) is 31.2 Å². The number of nitrogens with one attached hydrogen (secondary N) is 1. The van der Waals surface area contributed by atoms with Crippen LogP contribution < -0.4 is 5.32 Å². The molecular weight excluding hydrogens is 348 g/mol. The fourth-order valence-electron chi connectivity index (χ4n) is 3.27. The first kappa shape index (κ1) is 18.6. The number of aryl methyl sites for hydroxylation is 1. The number of sulfonamides is 1. The van der Waals surface area contributed by atoms with Gasteiger partial charge in [-0.2, -0.15) is 4.31 Å². The molecule has 1 N–H and O–H groups in total. The quantitative estimate of drug-likeness (QED) is 0.887. The maximum absolute atomic E-state index is 13.0. The highest BCUT2D eigenvalue weighted by Crippen LogP contribution is 2.26. The summed E-state index contributed by atoms with van der Waals surface area (Å²) in [5.74, 6) is -0.317. The highest BCUT2D eigenvalue weighted by Gasteiger charge is 2.31. The SMILES string of the molecule is Cc1ccccc1NC(=O)c1cccc(S(=O)(=O)N2CCCCC2C)c1. The van der Waals surface area contributed by atoms with Crippen LogP contribution in [0, 0.1) is 6.92 Å². The van der Waals surface area contributed by atoms with E-state index in [2.05, 4.69) is 5.32 Å². The van der Waals surface area contributed by atoms with Crippen molar-refractivity contribution in [2.75, 3.05) is 11.9 Å². The number of piperidine rings is 1. The van der Waals surface area contributed by atoms with Gasteiger partial charge in [0, 0.05) is 23.8 Å². The normalized spacial score (nSPS) is 18.5. The number of para-hydroxylation sites is 1. The Bertz CT molecular complexity index is 909. The number of amides is 1. The first-order valence-corrected chi connectivity index (χ1v) is 10.3. The van der Waals surface area contributed by atoms with Crippen molar-refractivity contribution < 1.29 is 13.2 Å². The van der Waals surface area contributed by atoms with Crippen molar-refractivity contribution in [2.24, 2.45) is 0 Å².